The van der Waals surface area contributed by atoms with Gasteiger partial charge in [-0.2, -0.15) is 0 Å². The van der Waals surface area contributed by atoms with E-state index in [-0.39, 0.29) is 26.1 Å². The molecule has 0 bridgehead atoms. The fourth-order valence-corrected chi connectivity index (χ4v) is 6.20. The van der Waals surface area contributed by atoms with Gasteiger partial charge >= 0.3 is 11.9 Å². The van der Waals surface area contributed by atoms with Gasteiger partial charge in [-0.15, -0.1) is 0 Å². The average molecular weight is 741 g/mol. The first kappa shape index (κ1) is 48.2. The quantitative estimate of drug-likeness (QED) is 0.0289. The van der Waals surface area contributed by atoms with Gasteiger partial charge in [-0.1, -0.05) is 134 Å². The van der Waals surface area contributed by atoms with Crippen LogP contribution in [0.15, 0.2) is 24.3 Å². The highest BCUT2D eigenvalue weighted by Crippen LogP contribution is 2.22. The standard InChI is InChI=1S/C42H76O10/c1-3-5-7-9-11-13-15-17-18-19-21-23-25-27-29-31-38(45)51-35(34-50-42-41(48)40(47)39(46)36(32-43)52-42)33-49-37(44)30-28-26-24-22-20-16-14-12-10-8-6-4-2/h12,14,25,27,35-36,39-43,46-48H,3-11,13,15-24,26,28-34H2,1-2H3/b14-12+,27-25+/t35-,36-,39+,40?,41?,42-/m1/s1. The molecule has 1 fully saturated rings. The summed E-state index contributed by atoms with van der Waals surface area (Å²) in [4.78, 5) is 25.2. The van der Waals surface area contributed by atoms with Crippen molar-refractivity contribution >= 4 is 11.9 Å². The van der Waals surface area contributed by atoms with Gasteiger partial charge in [0.05, 0.1) is 13.2 Å². The molecule has 2 unspecified atom stereocenters. The maximum Gasteiger partial charge on any atom is 0.306 e. The summed E-state index contributed by atoms with van der Waals surface area (Å²) < 4.78 is 22.0. The summed E-state index contributed by atoms with van der Waals surface area (Å²) in [5, 5.41) is 39.9. The van der Waals surface area contributed by atoms with E-state index < -0.39 is 55.4 Å². The SMILES string of the molecule is CCCCC/C=C/CCCCCCCC(=O)OC[C@H](CO[C@@H]1O[C@H](CO)[C@H](O)C(O)C1O)OC(=O)CC/C=C/CCCCCCCCCCCCC. The highest BCUT2D eigenvalue weighted by atomic mass is 16.7. The number of ether oxygens (including phenoxy) is 4. The maximum atomic E-state index is 12.7. The number of allylic oxidation sites excluding steroid dienone is 4. The van der Waals surface area contributed by atoms with Crippen molar-refractivity contribution in [1.82, 2.24) is 0 Å². The van der Waals surface area contributed by atoms with E-state index in [2.05, 4.69) is 32.1 Å². The zero-order valence-electron chi connectivity index (χ0n) is 32.8. The van der Waals surface area contributed by atoms with E-state index in [4.69, 9.17) is 18.9 Å². The van der Waals surface area contributed by atoms with Crippen molar-refractivity contribution in [2.75, 3.05) is 19.8 Å². The van der Waals surface area contributed by atoms with Crippen molar-refractivity contribution < 1.29 is 49.0 Å². The van der Waals surface area contributed by atoms with Gasteiger partial charge < -0.3 is 39.4 Å². The third-order valence-corrected chi connectivity index (χ3v) is 9.57. The largest absolute Gasteiger partial charge is 0.462 e. The minimum Gasteiger partial charge on any atom is -0.462 e. The molecule has 0 aromatic carbocycles. The molecule has 6 atom stereocenters. The Morgan fingerprint density at radius 1 is 0.577 bits per heavy atom. The van der Waals surface area contributed by atoms with Crippen molar-refractivity contribution in [2.24, 2.45) is 0 Å². The molecule has 0 amide bonds. The summed E-state index contributed by atoms with van der Waals surface area (Å²) in [6, 6.07) is 0. The first-order valence-corrected chi connectivity index (χ1v) is 20.9. The third kappa shape index (κ3) is 25.2. The molecule has 304 valence electrons. The smallest absolute Gasteiger partial charge is 0.306 e. The Morgan fingerprint density at radius 3 is 1.62 bits per heavy atom. The van der Waals surface area contributed by atoms with Crippen molar-refractivity contribution in [2.45, 2.75) is 211 Å². The van der Waals surface area contributed by atoms with E-state index in [9.17, 15) is 30.0 Å². The number of unbranched alkanes of at least 4 members (excludes halogenated alkanes) is 19. The Hall–Kier alpha value is -1.82. The van der Waals surface area contributed by atoms with Crippen molar-refractivity contribution in [3.8, 4) is 0 Å². The van der Waals surface area contributed by atoms with Crippen LogP contribution in [0.5, 0.6) is 0 Å². The zero-order valence-corrected chi connectivity index (χ0v) is 32.8. The third-order valence-electron chi connectivity index (χ3n) is 9.57. The first-order valence-electron chi connectivity index (χ1n) is 20.9. The van der Waals surface area contributed by atoms with E-state index >= 15 is 0 Å². The number of hydrogen-bond acceptors (Lipinski definition) is 10. The van der Waals surface area contributed by atoms with Crippen molar-refractivity contribution in [3.05, 3.63) is 24.3 Å². The molecule has 1 saturated heterocycles. The van der Waals surface area contributed by atoms with Crippen LogP contribution in [0.1, 0.15) is 174 Å². The summed E-state index contributed by atoms with van der Waals surface area (Å²) in [5.74, 6) is -0.872. The van der Waals surface area contributed by atoms with Crippen LogP contribution in [-0.2, 0) is 28.5 Å². The number of carbonyl (C=O) groups is 2. The monoisotopic (exact) mass is 741 g/mol. The number of esters is 2. The molecule has 1 heterocycles. The van der Waals surface area contributed by atoms with Crippen molar-refractivity contribution in [1.29, 1.82) is 0 Å². The zero-order chi connectivity index (χ0) is 38.1. The predicted molar refractivity (Wildman–Crippen MR) is 206 cm³/mol. The number of hydrogen-bond donors (Lipinski definition) is 4. The molecule has 10 nitrogen and oxygen atoms in total. The highest BCUT2D eigenvalue weighted by molar-refractivity contribution is 5.70. The number of carbonyl (C=O) groups excluding carboxylic acids is 2. The Bertz CT molecular complexity index is 907. The number of aliphatic hydroxyl groups is 4. The van der Waals surface area contributed by atoms with Gasteiger partial charge in [-0.05, 0) is 51.4 Å². The molecule has 52 heavy (non-hydrogen) atoms. The van der Waals surface area contributed by atoms with Crippen LogP contribution in [0.3, 0.4) is 0 Å². The van der Waals surface area contributed by atoms with E-state index in [1.165, 1.54) is 83.5 Å². The highest BCUT2D eigenvalue weighted by Gasteiger charge is 2.44. The molecule has 0 radical (unpaired) electrons. The van der Waals surface area contributed by atoms with Crippen LogP contribution in [0, 0.1) is 0 Å². The predicted octanol–water partition coefficient (Wildman–Crippen LogP) is 8.16. The Morgan fingerprint density at radius 2 is 1.06 bits per heavy atom. The average Bonchev–Trinajstić information content (AvgIpc) is 3.14. The number of aliphatic hydroxyl groups excluding tert-OH is 4. The van der Waals surface area contributed by atoms with Crippen LogP contribution in [0.25, 0.3) is 0 Å². The molecule has 0 aromatic heterocycles. The second kappa shape index (κ2) is 33.7. The molecule has 0 saturated carbocycles. The minimum atomic E-state index is -1.60. The Balaban J connectivity index is 2.39. The summed E-state index contributed by atoms with van der Waals surface area (Å²) >= 11 is 0. The van der Waals surface area contributed by atoms with Crippen molar-refractivity contribution in [3.63, 3.8) is 0 Å². The maximum absolute atomic E-state index is 12.7. The van der Waals surface area contributed by atoms with Gasteiger partial charge in [0.15, 0.2) is 12.4 Å². The lowest BCUT2D eigenvalue weighted by molar-refractivity contribution is -0.305. The second-order valence-electron chi connectivity index (χ2n) is 14.4. The Kier molecular flexibility index (Phi) is 31.3. The molecular formula is C42H76O10. The Labute approximate surface area is 315 Å². The molecule has 0 spiro atoms. The lowest BCUT2D eigenvalue weighted by atomic mass is 9.99. The van der Waals surface area contributed by atoms with E-state index in [0.29, 0.717) is 12.8 Å². The van der Waals surface area contributed by atoms with Crippen LogP contribution < -0.4 is 0 Å². The van der Waals surface area contributed by atoms with Gasteiger partial charge in [0, 0.05) is 12.8 Å². The molecule has 1 rings (SSSR count). The molecule has 4 N–H and O–H groups in total. The molecule has 1 aliphatic heterocycles. The summed E-state index contributed by atoms with van der Waals surface area (Å²) in [6.07, 6.45) is 27.7. The fraction of sp³-hybridized carbons (Fsp3) is 0.857. The summed E-state index contributed by atoms with van der Waals surface area (Å²) in [7, 11) is 0. The van der Waals surface area contributed by atoms with Gasteiger partial charge in [0.2, 0.25) is 0 Å². The lowest BCUT2D eigenvalue weighted by Crippen LogP contribution is -2.59. The van der Waals surface area contributed by atoms with E-state index in [0.717, 1.165) is 51.4 Å². The topological polar surface area (TPSA) is 152 Å². The molecule has 10 heteroatoms. The first-order chi connectivity index (χ1) is 25.3. The van der Waals surface area contributed by atoms with Crippen LogP contribution in [0.4, 0.5) is 0 Å². The second-order valence-corrected chi connectivity index (χ2v) is 14.4. The summed E-state index contributed by atoms with van der Waals surface area (Å²) in [5.41, 5.74) is 0. The van der Waals surface area contributed by atoms with Gasteiger partial charge in [0.25, 0.3) is 0 Å². The van der Waals surface area contributed by atoms with Gasteiger partial charge in [-0.25, -0.2) is 0 Å². The summed E-state index contributed by atoms with van der Waals surface area (Å²) in [6.45, 7) is 3.34. The molecule has 0 aromatic rings. The van der Waals surface area contributed by atoms with Gasteiger partial charge in [-0.3, -0.25) is 9.59 Å². The lowest BCUT2D eigenvalue weighted by Gasteiger charge is -2.39. The van der Waals surface area contributed by atoms with E-state index in [1.54, 1.807) is 0 Å². The van der Waals surface area contributed by atoms with Crippen LogP contribution in [-0.4, -0.2) is 89.0 Å². The normalized spacial score (nSPS) is 21.2. The molecule has 1 aliphatic rings. The number of rotatable bonds is 34. The van der Waals surface area contributed by atoms with Crippen LogP contribution >= 0.6 is 0 Å². The molecule has 0 aliphatic carbocycles. The van der Waals surface area contributed by atoms with Crippen LogP contribution in [0.2, 0.25) is 0 Å². The van der Waals surface area contributed by atoms with Gasteiger partial charge in [0.1, 0.15) is 31.0 Å². The van der Waals surface area contributed by atoms with E-state index in [1.807, 2.05) is 6.08 Å². The fourth-order valence-electron chi connectivity index (χ4n) is 6.20. The molecular weight excluding hydrogens is 664 g/mol. The minimum absolute atomic E-state index is 0.147.